The number of rotatable bonds is 7. The van der Waals surface area contributed by atoms with Crippen molar-refractivity contribution in [2.75, 3.05) is 27.2 Å². The van der Waals surface area contributed by atoms with Crippen LogP contribution in [-0.2, 0) is 16.3 Å². The Balaban J connectivity index is 2.50. The maximum atomic E-state index is 11.8. The number of pyridine rings is 1. The van der Waals surface area contributed by atoms with Gasteiger partial charge in [-0.25, -0.2) is 10.0 Å². The number of carbonyl (C=O) groups excluding carboxylic acids is 2. The fraction of sp³-hybridized carbons (Fsp3) is 0.417. The van der Waals surface area contributed by atoms with Gasteiger partial charge in [0.05, 0.1) is 6.54 Å². The zero-order chi connectivity index (χ0) is 16.5. The predicted octanol–water partition coefficient (Wildman–Crippen LogP) is -0.541. The van der Waals surface area contributed by atoms with Crippen LogP contribution in [0.25, 0.3) is 0 Å². The zero-order valence-corrected chi connectivity index (χ0v) is 12.3. The number of nitrogens with zero attached hydrogens (tertiary/aromatic N) is 3. The van der Waals surface area contributed by atoms with Gasteiger partial charge in [-0.1, -0.05) is 0 Å². The highest BCUT2D eigenvalue weighted by molar-refractivity contribution is 5.93. The van der Waals surface area contributed by atoms with Crippen molar-refractivity contribution in [3.05, 3.63) is 35.0 Å². The summed E-state index contributed by atoms with van der Waals surface area (Å²) in [6.45, 7) is -0.154. The summed E-state index contributed by atoms with van der Waals surface area (Å²) >= 11 is 0. The molecule has 10 nitrogen and oxygen atoms in total. The molecule has 1 rings (SSSR count). The Morgan fingerprint density at radius 1 is 1.45 bits per heavy atom. The van der Waals surface area contributed by atoms with E-state index in [2.05, 4.69) is 10.2 Å². The maximum Gasteiger partial charge on any atom is 0.475 e. The van der Waals surface area contributed by atoms with Gasteiger partial charge in [0.25, 0.3) is 12.6 Å². The number of hydrogen-bond donors (Lipinski definition) is 2. The van der Waals surface area contributed by atoms with Gasteiger partial charge in [-0.2, -0.15) is 9.40 Å². The summed E-state index contributed by atoms with van der Waals surface area (Å²) in [6.07, 6.45) is 2.65. The molecule has 0 aliphatic heterocycles. The van der Waals surface area contributed by atoms with Gasteiger partial charge in [0.2, 0.25) is 0 Å². The fourth-order valence-electron chi connectivity index (χ4n) is 1.39. The van der Waals surface area contributed by atoms with Crippen molar-refractivity contribution in [1.29, 1.82) is 0 Å². The molecule has 1 aromatic rings. The first kappa shape index (κ1) is 17.1. The van der Waals surface area contributed by atoms with Gasteiger partial charge >= 0.3 is 11.2 Å². The van der Waals surface area contributed by atoms with Crippen LogP contribution in [0.5, 0.6) is 0 Å². The third-order valence-corrected chi connectivity index (χ3v) is 2.41. The van der Waals surface area contributed by atoms with Crippen molar-refractivity contribution >= 4 is 12.0 Å². The van der Waals surface area contributed by atoms with Gasteiger partial charge in [-0.3, -0.25) is 4.79 Å². The Labute approximate surface area is 126 Å². The standard InChI is InChI=1S/C12H17N4O6/c1-14(2)12(18)21-9-15-6-3-4-10(8-15)11(17)13-5-7-22-16(19)20/h3-4,6,8H,5,7,9H2,1-2H3,(H-,13,17,19,20)/q+1/p+1. The van der Waals surface area contributed by atoms with Crippen LogP contribution in [0.3, 0.4) is 0 Å². The summed E-state index contributed by atoms with van der Waals surface area (Å²) < 4.78 is 6.51. The van der Waals surface area contributed by atoms with Gasteiger partial charge in [0.15, 0.2) is 19.0 Å². The number of nitrogens with one attached hydrogen (secondary N) is 1. The second-order valence-electron chi connectivity index (χ2n) is 4.37. The summed E-state index contributed by atoms with van der Waals surface area (Å²) in [5.41, 5.74) is 0.339. The molecule has 120 valence electrons. The molecule has 1 aromatic heterocycles. The molecule has 0 spiro atoms. The molecule has 22 heavy (non-hydrogen) atoms. The average Bonchev–Trinajstić information content (AvgIpc) is 2.48. The topological polar surface area (TPSA) is 112 Å². The van der Waals surface area contributed by atoms with Gasteiger partial charge in [0, 0.05) is 20.2 Å². The fourth-order valence-corrected chi connectivity index (χ4v) is 1.39. The van der Waals surface area contributed by atoms with Gasteiger partial charge in [0.1, 0.15) is 10.5 Å². The molecular formula is C12H18N4O6+2. The molecule has 0 radical (unpaired) electrons. The van der Waals surface area contributed by atoms with Crippen LogP contribution in [0, 0.1) is 4.91 Å². The first-order valence-corrected chi connectivity index (χ1v) is 6.30. The van der Waals surface area contributed by atoms with Crippen LogP contribution in [0.1, 0.15) is 10.4 Å². The van der Waals surface area contributed by atoms with Crippen LogP contribution in [0.15, 0.2) is 24.5 Å². The third kappa shape index (κ3) is 6.03. The maximum absolute atomic E-state index is 11.8. The van der Waals surface area contributed by atoms with E-state index >= 15 is 0 Å². The lowest BCUT2D eigenvalue weighted by atomic mass is 10.2. The van der Waals surface area contributed by atoms with Crippen molar-refractivity contribution in [2.24, 2.45) is 0 Å². The summed E-state index contributed by atoms with van der Waals surface area (Å²) in [5.74, 6) is -0.396. The van der Waals surface area contributed by atoms with Gasteiger partial charge in [-0.15, -0.1) is 0 Å². The minimum absolute atomic E-state index is 0.0309. The highest BCUT2D eigenvalue weighted by Gasteiger charge is 2.13. The number of aromatic nitrogens is 1. The minimum atomic E-state index is -0.679. The van der Waals surface area contributed by atoms with Crippen LogP contribution in [0.4, 0.5) is 4.79 Å². The second kappa shape index (κ2) is 8.39. The molecule has 0 unspecified atom stereocenters. The molecular weight excluding hydrogens is 296 g/mol. The molecule has 0 atom stereocenters. The van der Waals surface area contributed by atoms with Crippen molar-refractivity contribution in [3.8, 4) is 0 Å². The van der Waals surface area contributed by atoms with E-state index < -0.39 is 17.1 Å². The monoisotopic (exact) mass is 314 g/mol. The minimum Gasteiger partial charge on any atom is -0.388 e. The Bertz CT molecular complexity index is 548. The Morgan fingerprint density at radius 2 is 2.18 bits per heavy atom. The van der Waals surface area contributed by atoms with E-state index in [4.69, 9.17) is 9.94 Å². The molecule has 0 saturated carbocycles. The molecule has 0 saturated heterocycles. The van der Waals surface area contributed by atoms with Crippen molar-refractivity contribution in [3.63, 3.8) is 0 Å². The quantitative estimate of drug-likeness (QED) is 0.397. The van der Waals surface area contributed by atoms with Gasteiger partial charge in [-0.05, 0) is 6.07 Å². The van der Waals surface area contributed by atoms with E-state index in [1.165, 1.54) is 15.7 Å². The molecule has 10 heteroatoms. The molecule has 2 N–H and O–H groups in total. The number of ether oxygens (including phenoxy) is 1. The van der Waals surface area contributed by atoms with E-state index in [-0.39, 0.29) is 19.9 Å². The van der Waals surface area contributed by atoms with Gasteiger partial charge < -0.3 is 15.0 Å². The van der Waals surface area contributed by atoms with E-state index in [0.29, 0.717) is 5.56 Å². The zero-order valence-electron chi connectivity index (χ0n) is 12.3. The summed E-state index contributed by atoms with van der Waals surface area (Å²) in [6, 6.07) is 3.20. The first-order valence-electron chi connectivity index (χ1n) is 6.30. The Morgan fingerprint density at radius 3 is 2.82 bits per heavy atom. The molecule has 2 amide bonds. The Kier molecular flexibility index (Phi) is 6.54. The van der Waals surface area contributed by atoms with E-state index in [1.807, 2.05) is 0 Å². The number of hydrogen-bond acceptors (Lipinski definition) is 5. The highest BCUT2D eigenvalue weighted by atomic mass is 16.9. The highest BCUT2D eigenvalue weighted by Crippen LogP contribution is 1.95. The predicted molar refractivity (Wildman–Crippen MR) is 70.5 cm³/mol. The first-order chi connectivity index (χ1) is 10.4. The normalized spacial score (nSPS) is 9.73. The largest absolute Gasteiger partial charge is 0.475 e. The van der Waals surface area contributed by atoms with Crippen molar-refractivity contribution in [2.45, 2.75) is 6.73 Å². The van der Waals surface area contributed by atoms with E-state index in [9.17, 15) is 14.5 Å². The van der Waals surface area contributed by atoms with E-state index in [1.54, 1.807) is 32.4 Å². The second-order valence-corrected chi connectivity index (χ2v) is 4.37. The van der Waals surface area contributed by atoms with Crippen LogP contribution >= 0.6 is 0 Å². The van der Waals surface area contributed by atoms with Crippen molar-refractivity contribution in [1.82, 2.24) is 10.2 Å². The lowest BCUT2D eigenvalue weighted by Gasteiger charge is -2.08. The van der Waals surface area contributed by atoms with Crippen LogP contribution in [-0.4, -0.2) is 54.4 Å². The third-order valence-electron chi connectivity index (χ3n) is 2.41. The molecule has 0 bridgehead atoms. The lowest BCUT2D eigenvalue weighted by molar-refractivity contribution is -0.975. The number of carbonyl (C=O) groups is 2. The smallest absolute Gasteiger partial charge is 0.388 e. The summed E-state index contributed by atoms with van der Waals surface area (Å²) in [5, 5.41) is 10.0. The summed E-state index contributed by atoms with van der Waals surface area (Å²) in [7, 11) is 3.13. The molecule has 0 aromatic carbocycles. The van der Waals surface area contributed by atoms with Crippen LogP contribution in [0.2, 0.25) is 0 Å². The molecule has 1 heterocycles. The molecule has 0 fully saturated rings. The number of amides is 2. The Hall–Kier alpha value is -2.91. The van der Waals surface area contributed by atoms with Crippen LogP contribution < -0.4 is 9.88 Å². The summed E-state index contributed by atoms with van der Waals surface area (Å²) in [4.78, 5) is 38.7. The molecule has 0 aliphatic carbocycles. The average molecular weight is 314 g/mol. The van der Waals surface area contributed by atoms with E-state index in [0.717, 1.165) is 0 Å². The lowest BCUT2D eigenvalue weighted by Crippen LogP contribution is -2.39. The SMILES string of the molecule is CN(C)C(=O)OC[n+]1cccc(C(=O)NCCO[N+](=O)O)c1. The van der Waals surface area contributed by atoms with Crippen molar-refractivity contribution < 1.29 is 34.0 Å². The molecule has 0 aliphatic rings.